The van der Waals surface area contributed by atoms with Crippen LogP contribution in [0.1, 0.15) is 11.6 Å². The van der Waals surface area contributed by atoms with E-state index in [9.17, 15) is 9.59 Å². The van der Waals surface area contributed by atoms with Gasteiger partial charge >= 0.3 is 0 Å². The van der Waals surface area contributed by atoms with Crippen molar-refractivity contribution in [2.75, 3.05) is 29.0 Å². The van der Waals surface area contributed by atoms with Gasteiger partial charge in [-0.05, 0) is 48.0 Å². The number of anilines is 3. The van der Waals surface area contributed by atoms with E-state index in [2.05, 4.69) is 0 Å². The average molecular weight is 448 g/mol. The molecule has 2 heterocycles. The SMILES string of the molecule is CN(C)c1ccc([C@@H]2[C@H]3C(=O)N(c4cccc(Cl)c4)C(=O)[C@@H]3ON2c2ccccc2)cc1. The summed E-state index contributed by atoms with van der Waals surface area (Å²) in [6.07, 6.45) is -0.903. The summed E-state index contributed by atoms with van der Waals surface area (Å²) >= 11 is 6.11. The van der Waals surface area contributed by atoms with Gasteiger partial charge in [-0.2, -0.15) is 0 Å². The van der Waals surface area contributed by atoms with Crippen LogP contribution in [0, 0.1) is 5.92 Å². The molecular weight excluding hydrogens is 426 g/mol. The molecule has 2 saturated heterocycles. The molecule has 2 aliphatic heterocycles. The summed E-state index contributed by atoms with van der Waals surface area (Å²) in [4.78, 5) is 36.3. The fraction of sp³-hybridized carbons (Fsp3) is 0.200. The Morgan fingerprint density at radius 3 is 2.19 bits per heavy atom. The molecule has 0 unspecified atom stereocenters. The van der Waals surface area contributed by atoms with Gasteiger partial charge in [0.15, 0.2) is 6.10 Å². The zero-order valence-electron chi connectivity index (χ0n) is 17.7. The quantitative estimate of drug-likeness (QED) is 0.553. The number of hydrogen-bond donors (Lipinski definition) is 0. The number of carbonyl (C=O) groups is 2. The maximum Gasteiger partial charge on any atom is 0.266 e. The van der Waals surface area contributed by atoms with Crippen LogP contribution < -0.4 is 14.9 Å². The minimum atomic E-state index is -0.903. The number of imide groups is 1. The van der Waals surface area contributed by atoms with Crippen molar-refractivity contribution in [2.45, 2.75) is 12.1 Å². The van der Waals surface area contributed by atoms with Crippen LogP contribution in [-0.4, -0.2) is 32.0 Å². The third kappa shape index (κ3) is 3.32. The van der Waals surface area contributed by atoms with Crippen LogP contribution in [0.15, 0.2) is 78.9 Å². The fourth-order valence-corrected chi connectivity index (χ4v) is 4.58. The molecule has 162 valence electrons. The molecule has 32 heavy (non-hydrogen) atoms. The Morgan fingerprint density at radius 1 is 0.844 bits per heavy atom. The van der Waals surface area contributed by atoms with Crippen LogP contribution >= 0.6 is 11.6 Å². The molecule has 3 atom stereocenters. The number of rotatable bonds is 4. The van der Waals surface area contributed by atoms with Gasteiger partial charge in [-0.15, -0.1) is 0 Å². The highest BCUT2D eigenvalue weighted by Crippen LogP contribution is 2.47. The summed E-state index contributed by atoms with van der Waals surface area (Å²) in [6, 6.07) is 23.8. The Kier molecular flexibility index (Phi) is 5.12. The second-order valence-corrected chi connectivity index (χ2v) is 8.57. The molecule has 0 saturated carbocycles. The van der Waals surface area contributed by atoms with Gasteiger partial charge in [0.05, 0.1) is 17.4 Å². The number of halogens is 1. The number of amides is 2. The number of benzene rings is 3. The summed E-state index contributed by atoms with van der Waals surface area (Å²) in [5.41, 5.74) is 3.20. The molecule has 5 rings (SSSR count). The Hall–Kier alpha value is -3.35. The molecule has 0 radical (unpaired) electrons. The van der Waals surface area contributed by atoms with Crippen LogP contribution in [-0.2, 0) is 14.4 Å². The molecule has 2 fully saturated rings. The van der Waals surface area contributed by atoms with E-state index in [1.54, 1.807) is 29.3 Å². The van der Waals surface area contributed by atoms with E-state index in [0.717, 1.165) is 16.9 Å². The third-order valence-corrected chi connectivity index (χ3v) is 6.18. The minimum Gasteiger partial charge on any atom is -0.378 e. The Morgan fingerprint density at radius 2 is 1.53 bits per heavy atom. The predicted octanol–water partition coefficient (Wildman–Crippen LogP) is 4.46. The molecule has 0 aliphatic carbocycles. The van der Waals surface area contributed by atoms with Gasteiger partial charge < -0.3 is 4.90 Å². The van der Waals surface area contributed by atoms with Crippen molar-refractivity contribution in [3.05, 3.63) is 89.4 Å². The molecule has 3 aromatic rings. The first kappa shape index (κ1) is 20.5. The maximum atomic E-state index is 13.6. The topological polar surface area (TPSA) is 53.1 Å². The lowest BCUT2D eigenvalue weighted by atomic mass is 9.90. The summed E-state index contributed by atoms with van der Waals surface area (Å²) < 4.78 is 0. The van der Waals surface area contributed by atoms with Gasteiger partial charge in [0.25, 0.3) is 5.91 Å². The molecule has 0 aromatic heterocycles. The molecule has 0 spiro atoms. The normalized spacial score (nSPS) is 22.4. The van der Waals surface area contributed by atoms with E-state index in [0.29, 0.717) is 10.7 Å². The number of fused-ring (bicyclic) bond motifs is 1. The summed E-state index contributed by atoms with van der Waals surface area (Å²) in [5, 5.41) is 2.16. The van der Waals surface area contributed by atoms with Gasteiger partial charge in [0.1, 0.15) is 5.92 Å². The first-order valence-electron chi connectivity index (χ1n) is 10.4. The highest BCUT2D eigenvalue weighted by molar-refractivity contribution is 6.31. The lowest BCUT2D eigenvalue weighted by Crippen LogP contribution is -2.37. The van der Waals surface area contributed by atoms with Gasteiger partial charge in [0, 0.05) is 24.8 Å². The number of nitrogens with zero attached hydrogens (tertiary/aromatic N) is 3. The van der Waals surface area contributed by atoms with Crippen LogP contribution in [0.5, 0.6) is 0 Å². The summed E-state index contributed by atoms with van der Waals surface area (Å²) in [6.45, 7) is 0. The standard InChI is InChI=1S/C25H22ClN3O3/c1-27(2)18-13-11-16(12-14-18)22-21-23(32-29(22)19-8-4-3-5-9-19)25(31)28(24(21)30)20-10-6-7-17(26)15-20/h3-15,21-23H,1-2H3/t21-,22-,23-/m1/s1. The van der Waals surface area contributed by atoms with Crippen molar-refractivity contribution in [3.63, 3.8) is 0 Å². The van der Waals surface area contributed by atoms with E-state index in [-0.39, 0.29) is 11.8 Å². The van der Waals surface area contributed by atoms with Crippen molar-refractivity contribution in [1.82, 2.24) is 0 Å². The fourth-order valence-electron chi connectivity index (χ4n) is 4.39. The number of hydroxylamine groups is 1. The first-order chi connectivity index (χ1) is 15.5. The average Bonchev–Trinajstić information content (AvgIpc) is 3.30. The highest BCUT2D eigenvalue weighted by Gasteiger charge is 2.60. The van der Waals surface area contributed by atoms with E-state index in [4.69, 9.17) is 16.4 Å². The van der Waals surface area contributed by atoms with E-state index in [1.807, 2.05) is 73.6 Å². The molecular formula is C25H22ClN3O3. The summed E-state index contributed by atoms with van der Waals surface area (Å²) in [7, 11) is 3.95. The van der Waals surface area contributed by atoms with Gasteiger partial charge in [-0.25, -0.2) is 9.96 Å². The van der Waals surface area contributed by atoms with Crippen LogP contribution in [0.3, 0.4) is 0 Å². The Balaban J connectivity index is 1.57. The number of para-hydroxylation sites is 1. The van der Waals surface area contributed by atoms with Gasteiger partial charge in [-0.3, -0.25) is 14.4 Å². The Labute approximate surface area is 191 Å². The van der Waals surface area contributed by atoms with E-state index < -0.39 is 18.1 Å². The smallest absolute Gasteiger partial charge is 0.266 e. The molecule has 0 N–H and O–H groups in total. The van der Waals surface area contributed by atoms with Gasteiger partial charge in [0.2, 0.25) is 5.91 Å². The monoisotopic (exact) mass is 447 g/mol. The van der Waals surface area contributed by atoms with Crippen molar-refractivity contribution >= 4 is 40.5 Å². The maximum absolute atomic E-state index is 13.6. The highest BCUT2D eigenvalue weighted by atomic mass is 35.5. The zero-order valence-corrected chi connectivity index (χ0v) is 18.4. The molecule has 6 nitrogen and oxygen atoms in total. The first-order valence-corrected chi connectivity index (χ1v) is 10.8. The molecule has 3 aromatic carbocycles. The van der Waals surface area contributed by atoms with Crippen molar-refractivity contribution in [1.29, 1.82) is 0 Å². The van der Waals surface area contributed by atoms with Crippen LogP contribution in [0.25, 0.3) is 0 Å². The summed E-state index contributed by atoms with van der Waals surface area (Å²) in [5.74, 6) is -1.34. The third-order valence-electron chi connectivity index (χ3n) is 5.94. The molecule has 2 aliphatic rings. The van der Waals surface area contributed by atoms with E-state index in [1.165, 1.54) is 4.90 Å². The molecule has 2 amide bonds. The number of hydrogen-bond acceptors (Lipinski definition) is 5. The minimum absolute atomic E-state index is 0.289. The van der Waals surface area contributed by atoms with E-state index >= 15 is 0 Å². The van der Waals surface area contributed by atoms with Crippen LogP contribution in [0.2, 0.25) is 5.02 Å². The van der Waals surface area contributed by atoms with Gasteiger partial charge in [-0.1, -0.05) is 48.0 Å². The second kappa shape index (κ2) is 7.97. The Bertz CT molecular complexity index is 1170. The van der Waals surface area contributed by atoms with Crippen molar-refractivity contribution < 1.29 is 14.4 Å². The number of carbonyl (C=O) groups excluding carboxylic acids is 2. The van der Waals surface area contributed by atoms with Crippen molar-refractivity contribution in [2.24, 2.45) is 5.92 Å². The predicted molar refractivity (Wildman–Crippen MR) is 125 cm³/mol. The second-order valence-electron chi connectivity index (χ2n) is 8.14. The lowest BCUT2D eigenvalue weighted by molar-refractivity contribution is -0.126. The van der Waals surface area contributed by atoms with Crippen LogP contribution in [0.4, 0.5) is 17.1 Å². The molecule has 7 heteroatoms. The van der Waals surface area contributed by atoms with Crippen molar-refractivity contribution in [3.8, 4) is 0 Å². The largest absolute Gasteiger partial charge is 0.378 e. The zero-order chi connectivity index (χ0) is 22.4. The molecule has 0 bridgehead atoms. The lowest BCUT2D eigenvalue weighted by Gasteiger charge is -2.29.